The third kappa shape index (κ3) is 3.43. The zero-order chi connectivity index (χ0) is 12.3. The van der Waals surface area contributed by atoms with Gasteiger partial charge in [0.25, 0.3) is 5.91 Å². The number of rotatable bonds is 2. The second-order valence-electron chi connectivity index (χ2n) is 4.36. The third-order valence-electron chi connectivity index (χ3n) is 3.04. The molecular weight excluding hydrogens is 284 g/mol. The molecule has 0 unspecified atom stereocenters. The average Bonchev–Trinajstić information content (AvgIpc) is 2.33. The molecular formula is C12H15BrN2O2. The molecule has 1 aromatic heterocycles. The highest BCUT2D eigenvalue weighted by atomic mass is 79.9. The molecule has 1 saturated carbocycles. The van der Waals surface area contributed by atoms with E-state index in [9.17, 15) is 9.59 Å². The lowest BCUT2D eigenvalue weighted by molar-refractivity contribution is 0.0928. The van der Waals surface area contributed by atoms with Crippen molar-refractivity contribution in [2.75, 3.05) is 0 Å². The summed E-state index contributed by atoms with van der Waals surface area (Å²) in [6.07, 6.45) is 5.65. The van der Waals surface area contributed by atoms with Crippen molar-refractivity contribution >= 4 is 21.8 Å². The van der Waals surface area contributed by atoms with Gasteiger partial charge in [0.2, 0.25) is 5.56 Å². The topological polar surface area (TPSA) is 62.0 Å². The molecule has 1 fully saturated rings. The van der Waals surface area contributed by atoms with Crippen molar-refractivity contribution in [2.24, 2.45) is 0 Å². The van der Waals surface area contributed by atoms with Gasteiger partial charge in [-0.3, -0.25) is 9.59 Å². The van der Waals surface area contributed by atoms with Crippen LogP contribution in [0.25, 0.3) is 0 Å². The van der Waals surface area contributed by atoms with Gasteiger partial charge in [-0.15, -0.1) is 0 Å². The van der Waals surface area contributed by atoms with Crippen molar-refractivity contribution in [1.29, 1.82) is 0 Å². The van der Waals surface area contributed by atoms with Gasteiger partial charge in [-0.05, 0) is 31.7 Å². The van der Waals surface area contributed by atoms with E-state index in [4.69, 9.17) is 0 Å². The molecule has 1 aliphatic carbocycles. The molecule has 0 radical (unpaired) electrons. The number of halogens is 1. The van der Waals surface area contributed by atoms with Crippen LogP contribution in [0.3, 0.4) is 0 Å². The molecule has 0 atom stereocenters. The van der Waals surface area contributed by atoms with Gasteiger partial charge in [-0.2, -0.15) is 0 Å². The Morgan fingerprint density at radius 1 is 1.29 bits per heavy atom. The number of pyridine rings is 1. The van der Waals surface area contributed by atoms with Crippen LogP contribution < -0.4 is 10.9 Å². The van der Waals surface area contributed by atoms with Gasteiger partial charge in [-0.25, -0.2) is 0 Å². The van der Waals surface area contributed by atoms with Gasteiger partial charge in [0, 0.05) is 23.1 Å². The maximum atomic E-state index is 11.9. The Bertz CT molecular complexity index is 430. The van der Waals surface area contributed by atoms with Crippen molar-refractivity contribution in [3.05, 3.63) is 34.2 Å². The van der Waals surface area contributed by atoms with E-state index in [2.05, 4.69) is 26.2 Å². The number of aromatic nitrogens is 1. The second kappa shape index (κ2) is 5.49. The van der Waals surface area contributed by atoms with Gasteiger partial charge >= 0.3 is 0 Å². The van der Waals surface area contributed by atoms with Crippen LogP contribution in [0.2, 0.25) is 0 Å². The lowest BCUT2D eigenvalue weighted by Gasteiger charge is -2.25. The van der Waals surface area contributed by atoms with Crippen LogP contribution in [0.15, 0.2) is 23.1 Å². The highest BCUT2D eigenvalue weighted by Gasteiger charge is 2.20. The van der Waals surface area contributed by atoms with Crippen LogP contribution in [0.4, 0.5) is 0 Å². The summed E-state index contributed by atoms with van der Waals surface area (Å²) in [6.45, 7) is 0. The van der Waals surface area contributed by atoms with Crippen LogP contribution in [-0.2, 0) is 0 Å². The van der Waals surface area contributed by atoms with Crippen LogP contribution in [0, 0.1) is 0 Å². The summed E-state index contributed by atoms with van der Waals surface area (Å²) in [5, 5.41) is 2.99. The Morgan fingerprint density at radius 2 is 2.00 bits per heavy atom. The summed E-state index contributed by atoms with van der Waals surface area (Å²) in [5.41, 5.74) is 0.312. The van der Waals surface area contributed by atoms with E-state index >= 15 is 0 Å². The number of alkyl halides is 1. The number of hydrogen-bond donors (Lipinski definition) is 2. The van der Waals surface area contributed by atoms with Crippen molar-refractivity contribution in [1.82, 2.24) is 10.3 Å². The predicted octanol–water partition coefficient (Wildman–Crippen LogP) is 1.81. The number of hydrogen-bond acceptors (Lipinski definition) is 2. The van der Waals surface area contributed by atoms with Gasteiger partial charge in [0.1, 0.15) is 0 Å². The largest absolute Gasteiger partial charge is 0.349 e. The van der Waals surface area contributed by atoms with E-state index in [1.165, 1.54) is 12.3 Å². The SMILES string of the molecule is O=C(NC1CCC(Br)CC1)c1ccc(=O)[nH]c1. The molecule has 1 aromatic rings. The first-order valence-corrected chi connectivity index (χ1v) is 6.70. The molecule has 0 saturated heterocycles. The minimum Gasteiger partial charge on any atom is -0.349 e. The average molecular weight is 299 g/mol. The summed E-state index contributed by atoms with van der Waals surface area (Å²) in [6, 6.07) is 3.16. The number of carbonyl (C=O) groups is 1. The summed E-state index contributed by atoms with van der Waals surface area (Å²) in [4.78, 5) is 25.8. The minimum absolute atomic E-state index is 0.112. The summed E-state index contributed by atoms with van der Waals surface area (Å²) < 4.78 is 0. The minimum atomic E-state index is -0.193. The predicted molar refractivity (Wildman–Crippen MR) is 69.5 cm³/mol. The van der Waals surface area contributed by atoms with Crippen molar-refractivity contribution < 1.29 is 4.79 Å². The molecule has 2 N–H and O–H groups in total. The molecule has 0 spiro atoms. The fraction of sp³-hybridized carbons (Fsp3) is 0.500. The Hall–Kier alpha value is -1.10. The Morgan fingerprint density at radius 3 is 2.59 bits per heavy atom. The number of aromatic amines is 1. The van der Waals surface area contributed by atoms with Crippen LogP contribution in [-0.4, -0.2) is 21.8 Å². The lowest BCUT2D eigenvalue weighted by atomic mass is 9.95. The first-order valence-electron chi connectivity index (χ1n) is 5.79. The van der Waals surface area contributed by atoms with E-state index in [1.54, 1.807) is 6.07 Å². The molecule has 5 heteroatoms. The molecule has 0 aliphatic heterocycles. The van der Waals surface area contributed by atoms with Gasteiger partial charge < -0.3 is 10.3 Å². The molecule has 4 nitrogen and oxygen atoms in total. The number of carbonyl (C=O) groups excluding carboxylic acids is 1. The summed E-state index contributed by atoms with van der Waals surface area (Å²) in [7, 11) is 0. The van der Waals surface area contributed by atoms with Crippen molar-refractivity contribution in [2.45, 2.75) is 36.6 Å². The number of nitrogens with one attached hydrogen (secondary N) is 2. The normalized spacial score (nSPS) is 24.3. The molecule has 0 bridgehead atoms. The third-order valence-corrected chi connectivity index (χ3v) is 3.95. The van der Waals surface area contributed by atoms with E-state index in [0.29, 0.717) is 10.4 Å². The monoisotopic (exact) mass is 298 g/mol. The highest BCUT2D eigenvalue weighted by molar-refractivity contribution is 9.09. The standard InChI is InChI=1S/C12H15BrN2O2/c13-9-2-4-10(5-3-9)15-12(17)8-1-6-11(16)14-7-8/h1,6-7,9-10H,2-5H2,(H,14,16)(H,15,17). The number of amides is 1. The molecule has 92 valence electrons. The van der Waals surface area contributed by atoms with Crippen LogP contribution >= 0.6 is 15.9 Å². The molecule has 0 aromatic carbocycles. The second-order valence-corrected chi connectivity index (χ2v) is 5.66. The summed E-state index contributed by atoms with van der Waals surface area (Å²) in [5.74, 6) is -0.112. The van der Waals surface area contributed by atoms with Gasteiger partial charge in [-0.1, -0.05) is 15.9 Å². The van der Waals surface area contributed by atoms with E-state index in [0.717, 1.165) is 25.7 Å². The van der Waals surface area contributed by atoms with Gasteiger partial charge in [0.15, 0.2) is 0 Å². The molecule has 1 heterocycles. The Kier molecular flexibility index (Phi) is 3.99. The van der Waals surface area contributed by atoms with E-state index in [1.807, 2.05) is 0 Å². The first-order chi connectivity index (χ1) is 8.15. The quantitative estimate of drug-likeness (QED) is 0.818. The fourth-order valence-corrected chi connectivity index (χ4v) is 2.55. The molecule has 2 rings (SSSR count). The Balaban J connectivity index is 1.93. The number of H-pyrrole nitrogens is 1. The van der Waals surface area contributed by atoms with Gasteiger partial charge in [0.05, 0.1) is 5.56 Å². The van der Waals surface area contributed by atoms with Crippen molar-refractivity contribution in [3.63, 3.8) is 0 Å². The fourth-order valence-electron chi connectivity index (χ4n) is 2.02. The van der Waals surface area contributed by atoms with Crippen LogP contribution in [0.1, 0.15) is 36.0 Å². The molecule has 17 heavy (non-hydrogen) atoms. The summed E-state index contributed by atoms with van der Waals surface area (Å²) >= 11 is 3.58. The maximum Gasteiger partial charge on any atom is 0.252 e. The molecule has 1 amide bonds. The van der Waals surface area contributed by atoms with E-state index < -0.39 is 0 Å². The van der Waals surface area contributed by atoms with Crippen molar-refractivity contribution in [3.8, 4) is 0 Å². The zero-order valence-electron chi connectivity index (χ0n) is 9.41. The maximum absolute atomic E-state index is 11.9. The smallest absolute Gasteiger partial charge is 0.252 e. The molecule has 1 aliphatic rings. The first kappa shape index (κ1) is 12.4. The lowest BCUT2D eigenvalue weighted by Crippen LogP contribution is -2.37. The van der Waals surface area contributed by atoms with Crippen LogP contribution in [0.5, 0.6) is 0 Å². The van der Waals surface area contributed by atoms with E-state index in [-0.39, 0.29) is 17.5 Å². The Labute approximate surface area is 108 Å². The zero-order valence-corrected chi connectivity index (χ0v) is 11.0. The highest BCUT2D eigenvalue weighted by Crippen LogP contribution is 2.24.